The molecule has 33 heavy (non-hydrogen) atoms. The van der Waals surface area contributed by atoms with Crippen molar-refractivity contribution in [2.75, 3.05) is 6.54 Å². The van der Waals surface area contributed by atoms with Crippen molar-refractivity contribution in [3.8, 4) is 0 Å². The molecule has 1 heterocycles. The molecule has 5 N–H and O–H groups in total. The standard InChI is InChI=1S/C23H33N5O5/c1-15(19-25-12-13-26-19)27-14-16-8-5-6-9-17(16)20(29)32-21(30)18(10-7-11-24)28-22(31)33-23(2,3)4/h5-6,8-9,12-13,15,18,27H,7,10-11,14,24H2,1-4H3,(H,25,26)(H,28,31)/t15?,18-/m0/s1. The molecule has 1 aromatic carbocycles. The number of H-pyrrole nitrogens is 1. The number of esters is 2. The normalized spacial score (nSPS) is 13.1. The summed E-state index contributed by atoms with van der Waals surface area (Å²) < 4.78 is 10.3. The number of carbonyl (C=O) groups excluding carboxylic acids is 3. The average Bonchev–Trinajstić information content (AvgIpc) is 3.28. The van der Waals surface area contributed by atoms with Gasteiger partial charge < -0.3 is 30.8 Å². The molecular weight excluding hydrogens is 426 g/mol. The third-order valence-electron chi connectivity index (χ3n) is 4.63. The maximum Gasteiger partial charge on any atom is 0.408 e. The van der Waals surface area contributed by atoms with Gasteiger partial charge in [0.2, 0.25) is 0 Å². The molecule has 2 atom stereocenters. The molecule has 0 aliphatic rings. The van der Waals surface area contributed by atoms with Crippen LogP contribution in [0.5, 0.6) is 0 Å². The Bertz CT molecular complexity index is 924. The summed E-state index contributed by atoms with van der Waals surface area (Å²) in [6.07, 6.45) is 3.29. The number of hydrogen-bond acceptors (Lipinski definition) is 8. The van der Waals surface area contributed by atoms with Gasteiger partial charge >= 0.3 is 18.0 Å². The monoisotopic (exact) mass is 459 g/mol. The molecule has 0 saturated heterocycles. The molecule has 1 aromatic heterocycles. The van der Waals surface area contributed by atoms with Crippen molar-refractivity contribution in [2.45, 2.75) is 64.8 Å². The summed E-state index contributed by atoms with van der Waals surface area (Å²) in [5.41, 5.74) is 5.71. The molecule has 180 valence electrons. The van der Waals surface area contributed by atoms with Gasteiger partial charge in [-0.05, 0) is 58.7 Å². The highest BCUT2D eigenvalue weighted by Crippen LogP contribution is 2.14. The van der Waals surface area contributed by atoms with E-state index in [1.54, 1.807) is 57.4 Å². The van der Waals surface area contributed by atoms with Crippen LogP contribution in [0.2, 0.25) is 0 Å². The first kappa shape index (κ1) is 26.0. The second-order valence-electron chi connectivity index (χ2n) is 8.57. The molecule has 2 rings (SSSR count). The fourth-order valence-electron chi connectivity index (χ4n) is 2.99. The third kappa shape index (κ3) is 8.66. The molecule has 10 nitrogen and oxygen atoms in total. The van der Waals surface area contributed by atoms with E-state index < -0.39 is 29.7 Å². The number of benzene rings is 1. The molecule has 0 spiro atoms. The van der Waals surface area contributed by atoms with Crippen molar-refractivity contribution in [3.05, 3.63) is 53.6 Å². The lowest BCUT2D eigenvalue weighted by Crippen LogP contribution is -2.45. The van der Waals surface area contributed by atoms with Crippen molar-refractivity contribution < 1.29 is 23.9 Å². The van der Waals surface area contributed by atoms with Gasteiger partial charge in [0.15, 0.2) is 0 Å². The van der Waals surface area contributed by atoms with Crippen LogP contribution in [0.1, 0.15) is 68.3 Å². The van der Waals surface area contributed by atoms with Crippen molar-refractivity contribution >= 4 is 18.0 Å². The molecule has 0 radical (unpaired) electrons. The second-order valence-corrected chi connectivity index (χ2v) is 8.57. The van der Waals surface area contributed by atoms with Crippen LogP contribution in [0.25, 0.3) is 0 Å². The van der Waals surface area contributed by atoms with E-state index in [2.05, 4.69) is 20.6 Å². The van der Waals surface area contributed by atoms with E-state index in [0.717, 1.165) is 5.82 Å². The second kappa shape index (κ2) is 12.1. The largest absolute Gasteiger partial charge is 0.444 e. The third-order valence-corrected chi connectivity index (χ3v) is 4.63. The fraction of sp³-hybridized carbons (Fsp3) is 0.478. The van der Waals surface area contributed by atoms with Crippen LogP contribution in [0.3, 0.4) is 0 Å². The summed E-state index contributed by atoms with van der Waals surface area (Å²) in [6, 6.07) is 5.70. The number of ether oxygens (including phenoxy) is 2. The number of imidazole rings is 1. The minimum absolute atomic E-state index is 0.0793. The van der Waals surface area contributed by atoms with Gasteiger partial charge in [-0.15, -0.1) is 0 Å². The molecule has 0 bridgehead atoms. The Balaban J connectivity index is 2.05. The van der Waals surface area contributed by atoms with Crippen LogP contribution < -0.4 is 16.4 Å². The summed E-state index contributed by atoms with van der Waals surface area (Å²) >= 11 is 0. The van der Waals surface area contributed by atoms with Gasteiger partial charge in [-0.2, -0.15) is 0 Å². The van der Waals surface area contributed by atoms with E-state index in [1.165, 1.54) is 0 Å². The van der Waals surface area contributed by atoms with E-state index in [4.69, 9.17) is 15.2 Å². The quantitative estimate of drug-likeness (QED) is 0.313. The number of nitrogens with zero attached hydrogens (tertiary/aromatic N) is 1. The number of hydrogen-bond donors (Lipinski definition) is 4. The number of alkyl carbamates (subject to hydrolysis) is 1. The molecule has 1 unspecified atom stereocenters. The zero-order chi connectivity index (χ0) is 24.4. The highest BCUT2D eigenvalue weighted by atomic mass is 16.6. The lowest BCUT2D eigenvalue weighted by molar-refractivity contribution is -0.140. The average molecular weight is 460 g/mol. The van der Waals surface area contributed by atoms with Crippen LogP contribution in [0, 0.1) is 0 Å². The lowest BCUT2D eigenvalue weighted by atomic mass is 10.1. The molecule has 0 fully saturated rings. The number of nitrogens with two attached hydrogens (primary N) is 1. The number of rotatable bonds is 10. The summed E-state index contributed by atoms with van der Waals surface area (Å²) in [4.78, 5) is 44.8. The number of aromatic amines is 1. The number of carbonyl (C=O) groups is 3. The van der Waals surface area contributed by atoms with Gasteiger partial charge in [-0.25, -0.2) is 19.4 Å². The lowest BCUT2D eigenvalue weighted by Gasteiger charge is -2.22. The van der Waals surface area contributed by atoms with Gasteiger partial charge in [0, 0.05) is 18.9 Å². The van der Waals surface area contributed by atoms with Crippen LogP contribution in [-0.2, 0) is 20.8 Å². The van der Waals surface area contributed by atoms with E-state index in [1.807, 2.05) is 6.92 Å². The Hall–Kier alpha value is -3.24. The molecule has 2 aromatic rings. The van der Waals surface area contributed by atoms with Crippen molar-refractivity contribution in [3.63, 3.8) is 0 Å². The Labute approximate surface area is 193 Å². The summed E-state index contributed by atoms with van der Waals surface area (Å²) in [6.45, 7) is 7.74. The van der Waals surface area contributed by atoms with Gasteiger partial charge in [0.05, 0.1) is 11.6 Å². The molecular formula is C23H33N5O5. The van der Waals surface area contributed by atoms with E-state index in [9.17, 15) is 14.4 Å². The SMILES string of the molecule is CC(NCc1ccccc1C(=O)OC(=O)[C@H](CCCN)NC(=O)OC(C)(C)C)c1ncc[nH]1. The Morgan fingerprint density at radius 1 is 1.21 bits per heavy atom. The van der Waals surface area contributed by atoms with Gasteiger partial charge in [0.1, 0.15) is 17.5 Å². The summed E-state index contributed by atoms with van der Waals surface area (Å²) in [7, 11) is 0. The first-order valence-electron chi connectivity index (χ1n) is 10.9. The minimum atomic E-state index is -1.06. The molecule has 0 aliphatic heterocycles. The maximum atomic E-state index is 12.8. The molecule has 0 aliphatic carbocycles. The zero-order valence-corrected chi connectivity index (χ0v) is 19.5. The zero-order valence-electron chi connectivity index (χ0n) is 19.5. The Kier molecular flexibility index (Phi) is 9.56. The molecule has 1 amide bonds. The number of aromatic nitrogens is 2. The smallest absolute Gasteiger partial charge is 0.408 e. The summed E-state index contributed by atoms with van der Waals surface area (Å²) in [5, 5.41) is 5.74. The topological polar surface area (TPSA) is 148 Å². The highest BCUT2D eigenvalue weighted by Gasteiger charge is 2.28. The minimum Gasteiger partial charge on any atom is -0.444 e. The first-order chi connectivity index (χ1) is 15.6. The van der Waals surface area contributed by atoms with Crippen LogP contribution >= 0.6 is 0 Å². The number of nitrogens with one attached hydrogen (secondary N) is 3. The first-order valence-corrected chi connectivity index (χ1v) is 10.9. The molecule has 0 saturated carbocycles. The van der Waals surface area contributed by atoms with Gasteiger partial charge in [-0.1, -0.05) is 18.2 Å². The predicted molar refractivity (Wildman–Crippen MR) is 122 cm³/mol. The van der Waals surface area contributed by atoms with Crippen molar-refractivity contribution in [1.29, 1.82) is 0 Å². The fourth-order valence-corrected chi connectivity index (χ4v) is 2.99. The van der Waals surface area contributed by atoms with Crippen LogP contribution in [0.15, 0.2) is 36.7 Å². The van der Waals surface area contributed by atoms with E-state index >= 15 is 0 Å². The van der Waals surface area contributed by atoms with Crippen LogP contribution in [-0.4, -0.2) is 46.2 Å². The Morgan fingerprint density at radius 3 is 2.58 bits per heavy atom. The Morgan fingerprint density at radius 2 is 1.94 bits per heavy atom. The van der Waals surface area contributed by atoms with Crippen LogP contribution in [0.4, 0.5) is 4.79 Å². The van der Waals surface area contributed by atoms with E-state index in [0.29, 0.717) is 25.1 Å². The highest BCUT2D eigenvalue weighted by molar-refractivity contribution is 5.99. The van der Waals surface area contributed by atoms with E-state index in [-0.39, 0.29) is 18.0 Å². The van der Waals surface area contributed by atoms with Gasteiger partial charge in [0.25, 0.3) is 0 Å². The van der Waals surface area contributed by atoms with Crippen molar-refractivity contribution in [1.82, 2.24) is 20.6 Å². The summed E-state index contributed by atoms with van der Waals surface area (Å²) in [5.74, 6) is -0.904. The predicted octanol–water partition coefficient (Wildman–Crippen LogP) is 2.58. The maximum absolute atomic E-state index is 12.8. The van der Waals surface area contributed by atoms with Gasteiger partial charge in [-0.3, -0.25) is 0 Å². The number of amides is 1. The van der Waals surface area contributed by atoms with Crippen molar-refractivity contribution in [2.24, 2.45) is 5.73 Å². The molecule has 10 heteroatoms.